The van der Waals surface area contributed by atoms with Crippen molar-refractivity contribution in [1.29, 1.82) is 0 Å². The van der Waals surface area contributed by atoms with Crippen molar-refractivity contribution < 1.29 is 0 Å². The third kappa shape index (κ3) is 1.02. The normalized spacial score (nSPS) is 21.1. The van der Waals surface area contributed by atoms with E-state index in [1.54, 1.807) is 0 Å². The van der Waals surface area contributed by atoms with Crippen LogP contribution in [0.2, 0.25) is 0 Å². The minimum Gasteiger partial charge on any atom is -0.344 e. The quantitative estimate of drug-likeness (QED) is 0.591. The SMILES string of the molecule is C[C@H]1CCCn2c1cc1ccccc12. The van der Waals surface area contributed by atoms with Gasteiger partial charge in [-0.1, -0.05) is 25.1 Å². The summed E-state index contributed by atoms with van der Waals surface area (Å²) in [6, 6.07) is 11.1. The van der Waals surface area contributed by atoms with E-state index in [2.05, 4.69) is 41.8 Å². The van der Waals surface area contributed by atoms with Crippen LogP contribution in [0, 0.1) is 0 Å². The molecule has 2 aromatic rings. The first-order valence-corrected chi connectivity index (χ1v) is 5.44. The molecule has 1 nitrogen and oxygen atoms in total. The van der Waals surface area contributed by atoms with E-state index in [1.165, 1.54) is 36.0 Å². The van der Waals surface area contributed by atoms with Crippen molar-refractivity contribution >= 4 is 10.9 Å². The second-order valence-electron chi connectivity index (χ2n) is 4.32. The molecule has 0 saturated carbocycles. The number of rotatable bonds is 0. The van der Waals surface area contributed by atoms with Crippen molar-refractivity contribution in [1.82, 2.24) is 4.57 Å². The Labute approximate surface area is 84.4 Å². The number of para-hydroxylation sites is 1. The van der Waals surface area contributed by atoms with E-state index >= 15 is 0 Å². The molecule has 1 atom stereocenters. The Morgan fingerprint density at radius 3 is 3.07 bits per heavy atom. The lowest BCUT2D eigenvalue weighted by atomic mass is 9.98. The number of hydrogen-bond acceptors (Lipinski definition) is 0. The summed E-state index contributed by atoms with van der Waals surface area (Å²) in [6.45, 7) is 3.54. The van der Waals surface area contributed by atoms with Crippen molar-refractivity contribution in [3.05, 3.63) is 36.0 Å². The Bertz CT molecular complexity index is 467. The highest BCUT2D eigenvalue weighted by molar-refractivity contribution is 5.81. The molecular formula is C13H15N. The number of fused-ring (bicyclic) bond motifs is 3. The molecule has 0 fully saturated rings. The second-order valence-corrected chi connectivity index (χ2v) is 4.32. The lowest BCUT2D eigenvalue weighted by molar-refractivity contribution is 0.484. The van der Waals surface area contributed by atoms with E-state index < -0.39 is 0 Å². The third-order valence-corrected chi connectivity index (χ3v) is 3.37. The van der Waals surface area contributed by atoms with Gasteiger partial charge in [-0.2, -0.15) is 0 Å². The van der Waals surface area contributed by atoms with Crippen LogP contribution < -0.4 is 0 Å². The molecule has 0 spiro atoms. The largest absolute Gasteiger partial charge is 0.344 e. The zero-order valence-corrected chi connectivity index (χ0v) is 8.53. The Kier molecular flexibility index (Phi) is 1.66. The summed E-state index contributed by atoms with van der Waals surface area (Å²) in [7, 11) is 0. The van der Waals surface area contributed by atoms with Crippen LogP contribution in [0.5, 0.6) is 0 Å². The predicted molar refractivity (Wildman–Crippen MR) is 59.6 cm³/mol. The molecule has 1 heteroatoms. The minimum atomic E-state index is 0.733. The molecular weight excluding hydrogens is 170 g/mol. The molecule has 72 valence electrons. The molecule has 14 heavy (non-hydrogen) atoms. The molecule has 3 rings (SSSR count). The van der Waals surface area contributed by atoms with Gasteiger partial charge in [0.15, 0.2) is 0 Å². The van der Waals surface area contributed by atoms with Gasteiger partial charge in [0.2, 0.25) is 0 Å². The molecule has 0 unspecified atom stereocenters. The molecule has 2 heterocycles. The van der Waals surface area contributed by atoms with Crippen molar-refractivity contribution in [3.63, 3.8) is 0 Å². The van der Waals surface area contributed by atoms with Crippen molar-refractivity contribution in [2.45, 2.75) is 32.2 Å². The van der Waals surface area contributed by atoms with Crippen molar-refractivity contribution in [2.75, 3.05) is 0 Å². The van der Waals surface area contributed by atoms with Crippen molar-refractivity contribution in [2.24, 2.45) is 0 Å². The number of benzene rings is 1. The molecule has 0 aliphatic carbocycles. The number of aryl methyl sites for hydroxylation is 1. The Morgan fingerprint density at radius 2 is 2.14 bits per heavy atom. The van der Waals surface area contributed by atoms with Gasteiger partial charge >= 0.3 is 0 Å². The van der Waals surface area contributed by atoms with Crippen molar-refractivity contribution in [3.8, 4) is 0 Å². The van der Waals surface area contributed by atoms with Crippen LogP contribution in [0.4, 0.5) is 0 Å². The van der Waals surface area contributed by atoms with E-state index in [9.17, 15) is 0 Å². The maximum atomic E-state index is 2.49. The third-order valence-electron chi connectivity index (χ3n) is 3.37. The van der Waals surface area contributed by atoms with Gasteiger partial charge in [0, 0.05) is 17.8 Å². The van der Waals surface area contributed by atoms with Gasteiger partial charge in [-0.3, -0.25) is 0 Å². The number of hydrogen-bond donors (Lipinski definition) is 0. The summed E-state index contributed by atoms with van der Waals surface area (Å²) in [5.41, 5.74) is 2.94. The molecule has 1 aliphatic heterocycles. The first-order valence-electron chi connectivity index (χ1n) is 5.44. The summed E-state index contributed by atoms with van der Waals surface area (Å²) in [6.07, 6.45) is 2.67. The number of aromatic nitrogens is 1. The minimum absolute atomic E-state index is 0.733. The van der Waals surface area contributed by atoms with E-state index in [0.29, 0.717) is 0 Å². The zero-order valence-electron chi connectivity index (χ0n) is 8.53. The fraction of sp³-hybridized carbons (Fsp3) is 0.385. The van der Waals surface area contributed by atoms with E-state index in [0.717, 1.165) is 5.92 Å². The van der Waals surface area contributed by atoms with E-state index in [1.807, 2.05) is 0 Å². The van der Waals surface area contributed by atoms with E-state index in [-0.39, 0.29) is 0 Å². The van der Waals surface area contributed by atoms with Crippen LogP contribution >= 0.6 is 0 Å². The van der Waals surface area contributed by atoms with Gasteiger partial charge in [-0.05, 0) is 36.3 Å². The maximum absolute atomic E-state index is 2.49. The Hall–Kier alpha value is -1.24. The van der Waals surface area contributed by atoms with Crippen LogP contribution in [0.25, 0.3) is 10.9 Å². The molecule has 0 amide bonds. The molecule has 0 radical (unpaired) electrons. The molecule has 0 saturated heterocycles. The van der Waals surface area contributed by atoms with Crippen LogP contribution in [-0.2, 0) is 6.54 Å². The standard InChI is InChI=1S/C13H15N/c1-10-5-4-8-14-12-7-3-2-6-11(12)9-13(10)14/h2-3,6-7,9-10H,4-5,8H2,1H3/t10-/m0/s1. The second kappa shape index (κ2) is 2.88. The summed E-state index contributed by atoms with van der Waals surface area (Å²) in [5, 5.41) is 1.40. The van der Waals surface area contributed by atoms with Crippen LogP contribution in [0.1, 0.15) is 31.4 Å². The van der Waals surface area contributed by atoms with Crippen LogP contribution in [0.3, 0.4) is 0 Å². The highest BCUT2D eigenvalue weighted by Gasteiger charge is 2.18. The molecule has 1 aromatic heterocycles. The van der Waals surface area contributed by atoms with Crippen LogP contribution in [-0.4, -0.2) is 4.57 Å². The highest BCUT2D eigenvalue weighted by Crippen LogP contribution is 2.32. The Morgan fingerprint density at radius 1 is 1.29 bits per heavy atom. The molecule has 1 aliphatic rings. The van der Waals surface area contributed by atoms with Gasteiger partial charge in [-0.15, -0.1) is 0 Å². The lowest BCUT2D eigenvalue weighted by Crippen LogP contribution is -2.12. The molecule has 1 aromatic carbocycles. The van der Waals surface area contributed by atoms with Gasteiger partial charge in [0.25, 0.3) is 0 Å². The molecule has 0 N–H and O–H groups in total. The lowest BCUT2D eigenvalue weighted by Gasteiger charge is -2.21. The first kappa shape index (κ1) is 8.10. The molecule has 0 bridgehead atoms. The smallest absolute Gasteiger partial charge is 0.0482 e. The fourth-order valence-corrected chi connectivity index (χ4v) is 2.59. The predicted octanol–water partition coefficient (Wildman–Crippen LogP) is 3.54. The van der Waals surface area contributed by atoms with Gasteiger partial charge in [0.05, 0.1) is 0 Å². The van der Waals surface area contributed by atoms with Crippen LogP contribution in [0.15, 0.2) is 30.3 Å². The van der Waals surface area contributed by atoms with E-state index in [4.69, 9.17) is 0 Å². The topological polar surface area (TPSA) is 4.93 Å². The summed E-state index contributed by atoms with van der Waals surface area (Å²) in [5.74, 6) is 0.733. The summed E-state index contributed by atoms with van der Waals surface area (Å²) < 4.78 is 2.49. The summed E-state index contributed by atoms with van der Waals surface area (Å²) in [4.78, 5) is 0. The summed E-state index contributed by atoms with van der Waals surface area (Å²) >= 11 is 0. The first-order chi connectivity index (χ1) is 6.86. The zero-order chi connectivity index (χ0) is 9.54. The average Bonchev–Trinajstić information content (AvgIpc) is 2.59. The maximum Gasteiger partial charge on any atom is 0.0482 e. The van der Waals surface area contributed by atoms with Gasteiger partial charge < -0.3 is 4.57 Å². The average molecular weight is 185 g/mol. The monoisotopic (exact) mass is 185 g/mol. The van der Waals surface area contributed by atoms with Gasteiger partial charge in [-0.25, -0.2) is 0 Å². The fourth-order valence-electron chi connectivity index (χ4n) is 2.59. The highest BCUT2D eigenvalue weighted by atomic mass is 15.0. The van der Waals surface area contributed by atoms with Gasteiger partial charge in [0.1, 0.15) is 0 Å². The Balaban J connectivity index is 2.32. The number of nitrogens with zero attached hydrogens (tertiary/aromatic N) is 1.